The van der Waals surface area contributed by atoms with Gasteiger partial charge in [-0.1, -0.05) is 29.8 Å². The van der Waals surface area contributed by atoms with Gasteiger partial charge in [0.2, 0.25) is 0 Å². The third-order valence-electron chi connectivity index (χ3n) is 3.72. The minimum Gasteiger partial charge on any atom is -0.396 e. The zero-order chi connectivity index (χ0) is 16.9. The number of pyridine rings is 1. The van der Waals surface area contributed by atoms with Gasteiger partial charge in [-0.05, 0) is 23.8 Å². The van der Waals surface area contributed by atoms with Crippen LogP contribution in [0.15, 0.2) is 55.0 Å². The van der Waals surface area contributed by atoms with Crippen molar-refractivity contribution in [3.63, 3.8) is 0 Å². The van der Waals surface area contributed by atoms with Crippen molar-refractivity contribution in [1.82, 2.24) is 14.7 Å². The topological polar surface area (TPSA) is 78.7 Å². The lowest BCUT2D eigenvalue weighted by atomic mass is 10.00. The molecule has 6 nitrogen and oxygen atoms in total. The molecule has 1 atom stereocenters. The Balaban J connectivity index is 1.61. The third-order valence-corrected chi connectivity index (χ3v) is 4.07. The summed E-state index contributed by atoms with van der Waals surface area (Å²) in [6.07, 6.45) is 5.27. The highest BCUT2D eigenvalue weighted by Crippen LogP contribution is 2.23. The van der Waals surface area contributed by atoms with Crippen LogP contribution in [0.3, 0.4) is 0 Å². The lowest BCUT2D eigenvalue weighted by Gasteiger charge is -2.17. The fraction of sp³-hybridized carbons (Fsp3) is 0.176. The number of halogens is 1. The average molecular weight is 345 g/mol. The zero-order valence-electron chi connectivity index (χ0n) is 12.8. The number of fused-ring (bicyclic) bond motifs is 1. The molecule has 0 radical (unpaired) electrons. The first-order chi connectivity index (χ1) is 11.7. The standard InChI is InChI=1S/C17H17ClN4O2/c18-15-4-2-1-3-14(15)12(11-23)9-20-17(24)21-13-5-6-16-19-7-8-22(16)10-13/h1-8,10,12,23H,9,11H2,(H2,20,21,24). The first kappa shape index (κ1) is 16.3. The Hall–Kier alpha value is -2.57. The van der Waals surface area contributed by atoms with Crippen molar-refractivity contribution in [1.29, 1.82) is 0 Å². The highest BCUT2D eigenvalue weighted by atomic mass is 35.5. The van der Waals surface area contributed by atoms with Gasteiger partial charge < -0.3 is 20.1 Å². The second-order valence-electron chi connectivity index (χ2n) is 5.35. The van der Waals surface area contributed by atoms with Gasteiger partial charge in [0, 0.05) is 36.1 Å². The molecule has 1 aromatic carbocycles. The van der Waals surface area contributed by atoms with E-state index in [1.165, 1.54) is 0 Å². The van der Waals surface area contributed by atoms with Crippen LogP contribution in [0, 0.1) is 0 Å². The lowest BCUT2D eigenvalue weighted by Crippen LogP contribution is -2.33. The fourth-order valence-corrected chi connectivity index (χ4v) is 2.75. The van der Waals surface area contributed by atoms with Crippen molar-refractivity contribution >= 4 is 29.0 Å². The molecule has 1 unspecified atom stereocenters. The molecular formula is C17H17ClN4O2. The van der Waals surface area contributed by atoms with Crippen LogP contribution >= 0.6 is 11.6 Å². The maximum atomic E-state index is 12.1. The maximum absolute atomic E-state index is 12.1. The molecule has 24 heavy (non-hydrogen) atoms. The van der Waals surface area contributed by atoms with E-state index in [2.05, 4.69) is 15.6 Å². The zero-order valence-corrected chi connectivity index (χ0v) is 13.6. The average Bonchev–Trinajstić information content (AvgIpc) is 3.04. The SMILES string of the molecule is O=C(NCC(CO)c1ccccc1Cl)Nc1ccc2nccn2c1. The van der Waals surface area contributed by atoms with Crippen molar-refractivity contribution in [2.45, 2.75) is 5.92 Å². The number of carbonyl (C=O) groups excluding carboxylic acids is 1. The van der Waals surface area contributed by atoms with Gasteiger partial charge in [-0.15, -0.1) is 0 Å². The van der Waals surface area contributed by atoms with Crippen LogP contribution in [0.4, 0.5) is 10.5 Å². The predicted molar refractivity (Wildman–Crippen MR) is 93.5 cm³/mol. The largest absolute Gasteiger partial charge is 0.396 e. The summed E-state index contributed by atoms with van der Waals surface area (Å²) in [7, 11) is 0. The summed E-state index contributed by atoms with van der Waals surface area (Å²) in [4.78, 5) is 16.2. The number of anilines is 1. The lowest BCUT2D eigenvalue weighted by molar-refractivity contribution is 0.243. The number of hydrogen-bond donors (Lipinski definition) is 3. The number of nitrogens with one attached hydrogen (secondary N) is 2. The molecule has 2 amide bonds. The van der Waals surface area contributed by atoms with Crippen LogP contribution in [0.1, 0.15) is 11.5 Å². The van der Waals surface area contributed by atoms with E-state index >= 15 is 0 Å². The highest BCUT2D eigenvalue weighted by Gasteiger charge is 2.14. The first-order valence-electron chi connectivity index (χ1n) is 7.50. The van der Waals surface area contributed by atoms with Crippen LogP contribution in [0.5, 0.6) is 0 Å². The van der Waals surface area contributed by atoms with Crippen molar-refractivity contribution in [3.05, 3.63) is 65.6 Å². The summed E-state index contributed by atoms with van der Waals surface area (Å²) >= 11 is 6.14. The van der Waals surface area contributed by atoms with Crippen LogP contribution in [0.2, 0.25) is 5.02 Å². The first-order valence-corrected chi connectivity index (χ1v) is 7.88. The van der Waals surface area contributed by atoms with E-state index in [9.17, 15) is 9.90 Å². The summed E-state index contributed by atoms with van der Waals surface area (Å²) < 4.78 is 1.82. The molecule has 0 bridgehead atoms. The second kappa shape index (κ2) is 7.33. The van der Waals surface area contributed by atoms with Gasteiger partial charge in [0.05, 0.1) is 12.3 Å². The van der Waals surface area contributed by atoms with E-state index in [1.807, 2.05) is 28.7 Å². The molecule has 0 saturated heterocycles. The summed E-state index contributed by atoms with van der Waals surface area (Å²) in [5, 5.41) is 15.6. The van der Waals surface area contributed by atoms with Crippen molar-refractivity contribution in [2.75, 3.05) is 18.5 Å². The number of aliphatic hydroxyl groups excluding tert-OH is 1. The molecule has 2 aromatic heterocycles. The molecule has 0 fully saturated rings. The molecule has 0 aliphatic heterocycles. The number of rotatable bonds is 5. The van der Waals surface area contributed by atoms with E-state index in [4.69, 9.17) is 11.6 Å². The second-order valence-corrected chi connectivity index (χ2v) is 5.75. The number of imidazole rings is 1. The molecule has 124 valence electrons. The molecule has 0 spiro atoms. The summed E-state index contributed by atoms with van der Waals surface area (Å²) in [5.41, 5.74) is 2.26. The van der Waals surface area contributed by atoms with Crippen LogP contribution < -0.4 is 10.6 Å². The number of nitrogens with zero attached hydrogens (tertiary/aromatic N) is 2. The van der Waals surface area contributed by atoms with Crippen LogP contribution in [-0.4, -0.2) is 33.7 Å². The Kier molecular flexibility index (Phi) is 4.98. The number of hydrogen-bond acceptors (Lipinski definition) is 3. The van der Waals surface area contributed by atoms with Crippen LogP contribution in [-0.2, 0) is 0 Å². The van der Waals surface area contributed by atoms with Crippen molar-refractivity contribution < 1.29 is 9.90 Å². The normalized spacial score (nSPS) is 12.1. The molecule has 0 aliphatic carbocycles. The third kappa shape index (κ3) is 3.67. The summed E-state index contributed by atoms with van der Waals surface area (Å²) in [6, 6.07) is 10.5. The number of carbonyl (C=O) groups is 1. The van der Waals surface area contributed by atoms with Gasteiger partial charge in [0.25, 0.3) is 0 Å². The Bertz CT molecular complexity index is 849. The Labute approximate surface area is 144 Å². The van der Waals surface area contributed by atoms with Crippen molar-refractivity contribution in [3.8, 4) is 0 Å². The van der Waals surface area contributed by atoms with Gasteiger partial charge in [0.15, 0.2) is 0 Å². The number of aromatic nitrogens is 2. The van der Waals surface area contributed by atoms with Gasteiger partial charge >= 0.3 is 6.03 Å². The number of amides is 2. The quantitative estimate of drug-likeness (QED) is 0.666. The van der Waals surface area contributed by atoms with E-state index in [0.717, 1.165) is 11.2 Å². The molecule has 0 saturated carbocycles. The predicted octanol–water partition coefficient (Wildman–Crippen LogP) is 2.89. The molecule has 3 rings (SSSR count). The number of benzene rings is 1. The molecule has 0 aliphatic rings. The Morgan fingerprint density at radius 3 is 2.92 bits per heavy atom. The maximum Gasteiger partial charge on any atom is 0.319 e. The Morgan fingerprint density at radius 2 is 2.12 bits per heavy atom. The van der Waals surface area contributed by atoms with E-state index < -0.39 is 0 Å². The van der Waals surface area contributed by atoms with E-state index in [-0.39, 0.29) is 25.1 Å². The Morgan fingerprint density at radius 1 is 1.29 bits per heavy atom. The molecule has 2 heterocycles. The summed E-state index contributed by atoms with van der Waals surface area (Å²) in [6.45, 7) is 0.171. The van der Waals surface area contributed by atoms with E-state index in [1.54, 1.807) is 30.7 Å². The van der Waals surface area contributed by atoms with E-state index in [0.29, 0.717) is 10.7 Å². The minimum atomic E-state index is -0.347. The molecule has 3 aromatic rings. The van der Waals surface area contributed by atoms with Gasteiger partial charge in [-0.3, -0.25) is 0 Å². The highest BCUT2D eigenvalue weighted by molar-refractivity contribution is 6.31. The molecular weight excluding hydrogens is 328 g/mol. The number of urea groups is 1. The summed E-state index contributed by atoms with van der Waals surface area (Å²) in [5.74, 6) is -0.263. The number of aliphatic hydroxyl groups is 1. The smallest absolute Gasteiger partial charge is 0.319 e. The van der Waals surface area contributed by atoms with Gasteiger partial charge in [0.1, 0.15) is 5.65 Å². The molecule has 3 N–H and O–H groups in total. The minimum absolute atomic E-state index is 0.106. The van der Waals surface area contributed by atoms with Crippen molar-refractivity contribution in [2.24, 2.45) is 0 Å². The molecule has 7 heteroatoms. The van der Waals surface area contributed by atoms with Gasteiger partial charge in [-0.2, -0.15) is 0 Å². The van der Waals surface area contributed by atoms with Gasteiger partial charge in [-0.25, -0.2) is 9.78 Å². The fourth-order valence-electron chi connectivity index (χ4n) is 2.46. The van der Waals surface area contributed by atoms with Crippen LogP contribution in [0.25, 0.3) is 5.65 Å². The monoisotopic (exact) mass is 344 g/mol.